The molecule has 0 unspecified atom stereocenters. The van der Waals surface area contributed by atoms with E-state index in [2.05, 4.69) is 4.98 Å². The summed E-state index contributed by atoms with van der Waals surface area (Å²) in [4.78, 5) is 4.68. The van der Waals surface area contributed by atoms with Gasteiger partial charge in [0, 0.05) is 0 Å². The van der Waals surface area contributed by atoms with E-state index in [0.717, 1.165) is 8.92 Å². The second kappa shape index (κ2) is 7.58. The van der Waals surface area contributed by atoms with Crippen LogP contribution in [0.5, 0.6) is 0 Å². The molecule has 0 amide bonds. The van der Waals surface area contributed by atoms with Crippen LogP contribution in [0.2, 0.25) is 0 Å². The van der Waals surface area contributed by atoms with Crippen LogP contribution in [0.4, 0.5) is 0 Å². The van der Waals surface area contributed by atoms with E-state index in [-0.39, 0.29) is 0 Å². The van der Waals surface area contributed by atoms with Gasteiger partial charge in [-0.05, 0) is 0 Å². The first kappa shape index (κ1) is 18.6. The van der Waals surface area contributed by atoms with Crippen molar-refractivity contribution >= 4 is 80.5 Å². The summed E-state index contributed by atoms with van der Waals surface area (Å²) >= 11 is -6.27. The van der Waals surface area contributed by atoms with E-state index >= 15 is 0 Å². The molecule has 1 heterocycles. The molecular weight excluding hydrogens is 518 g/mol. The van der Waals surface area contributed by atoms with Crippen molar-refractivity contribution in [3.63, 3.8) is 0 Å². The average Bonchev–Trinajstić information content (AvgIpc) is 2.63. The molecule has 3 aromatic rings. The molecule has 0 saturated heterocycles. The van der Waals surface area contributed by atoms with Crippen molar-refractivity contribution < 1.29 is 0 Å². The fourth-order valence-electron chi connectivity index (χ4n) is 2.11. The van der Waals surface area contributed by atoms with E-state index in [9.17, 15) is 0 Å². The molecule has 0 spiro atoms. The van der Waals surface area contributed by atoms with E-state index in [1.807, 2.05) is 78.9 Å². The second-order valence-corrected chi connectivity index (χ2v) is 23.8. The Morgan fingerprint density at radius 2 is 0.875 bits per heavy atom. The van der Waals surface area contributed by atoms with Gasteiger partial charge in [-0.25, -0.2) is 0 Å². The van der Waals surface area contributed by atoms with Gasteiger partial charge in [0.25, 0.3) is 0 Å². The van der Waals surface area contributed by atoms with Crippen molar-refractivity contribution in [1.82, 2.24) is 4.98 Å². The fourth-order valence-corrected chi connectivity index (χ4v) is 11.4. The van der Waals surface area contributed by atoms with Gasteiger partial charge in [-0.2, -0.15) is 0 Å². The van der Waals surface area contributed by atoms with Crippen LogP contribution >= 0.6 is 40.4 Å². The molecule has 24 heavy (non-hydrogen) atoms. The number of pyridine rings is 1. The zero-order valence-corrected chi connectivity index (χ0v) is 18.7. The van der Waals surface area contributed by atoms with Crippen LogP contribution in [0.3, 0.4) is 0 Å². The summed E-state index contributed by atoms with van der Waals surface area (Å²) in [6.45, 7) is 0. The molecule has 2 aromatic carbocycles. The molecule has 0 aliphatic rings. The molecule has 126 valence electrons. The Hall–Kier alpha value is -0.211. The number of aromatic nitrogens is 1. The van der Waals surface area contributed by atoms with Gasteiger partial charge in [0.15, 0.2) is 0 Å². The summed E-state index contributed by atoms with van der Waals surface area (Å²) in [5.74, 6) is 0. The van der Waals surface area contributed by atoms with Gasteiger partial charge in [0.1, 0.15) is 0 Å². The normalized spacial score (nSPS) is 13.5. The Kier molecular flexibility index (Phi) is 5.86. The Balaban J connectivity index is 2.04. The van der Waals surface area contributed by atoms with Crippen molar-refractivity contribution in [1.29, 1.82) is 0 Å². The molecule has 0 aliphatic heterocycles. The minimum atomic E-state index is -3.13. The van der Waals surface area contributed by atoms with E-state index < -0.39 is 22.0 Å². The van der Waals surface area contributed by atoms with E-state index in [1.165, 1.54) is 0 Å². The Labute approximate surface area is 163 Å². The Morgan fingerprint density at radius 3 is 1.25 bits per heavy atom. The molecule has 0 radical (unpaired) electrons. The van der Waals surface area contributed by atoms with Crippen molar-refractivity contribution in [3.05, 3.63) is 78.9 Å². The van der Waals surface area contributed by atoms with Crippen molar-refractivity contribution in [3.8, 4) is 0 Å². The van der Waals surface area contributed by atoms with Gasteiger partial charge < -0.3 is 0 Å². The van der Waals surface area contributed by atoms with Gasteiger partial charge in [-0.1, -0.05) is 0 Å². The molecule has 0 saturated carbocycles. The molecule has 1 aromatic heterocycles. The Morgan fingerprint density at radius 1 is 0.500 bits per heavy atom. The second-order valence-electron chi connectivity index (χ2n) is 4.88. The molecule has 0 bridgehead atoms. The van der Waals surface area contributed by atoms with Gasteiger partial charge in [-0.3, -0.25) is 0 Å². The minimum absolute atomic E-state index is 0.664. The number of benzene rings is 2. The zero-order valence-electron chi connectivity index (χ0n) is 12.3. The zero-order chi connectivity index (χ0) is 17.2. The first-order valence-corrected chi connectivity index (χ1v) is 19.4. The van der Waals surface area contributed by atoms with Gasteiger partial charge >= 0.3 is 164 Å². The topological polar surface area (TPSA) is 12.9 Å². The number of hydrogen-bond acceptors (Lipinski definition) is 1. The molecule has 0 N–H and O–H groups in total. The fraction of sp³-hybridized carbons (Fsp3) is 0. The molecule has 7 heteroatoms. The quantitative estimate of drug-likeness (QED) is 0.472. The number of hydrogen-bond donors (Lipinski definition) is 0. The van der Waals surface area contributed by atoms with Crippen molar-refractivity contribution in [2.45, 2.75) is 0 Å². The third-order valence-corrected chi connectivity index (χ3v) is 17.1. The third kappa shape index (κ3) is 3.80. The van der Waals surface area contributed by atoms with Crippen LogP contribution in [-0.4, -0.2) is 27.0 Å². The SMILES string of the molecule is Cl[Se](Cl)(c1ccccc1)c1cccc([Se](Cl)(Cl)c2ccccc2)n1. The van der Waals surface area contributed by atoms with Crippen LogP contribution < -0.4 is 18.1 Å². The summed E-state index contributed by atoms with van der Waals surface area (Å²) < 4.78 is 3.13. The van der Waals surface area contributed by atoms with Crippen molar-refractivity contribution in [2.75, 3.05) is 0 Å². The van der Waals surface area contributed by atoms with E-state index in [1.54, 1.807) is 0 Å². The summed E-state index contributed by atoms with van der Waals surface area (Å²) in [7, 11) is 27.0. The monoisotopic (exact) mass is 531 g/mol. The predicted octanol–water partition coefficient (Wildman–Crippen LogP) is 3.15. The van der Waals surface area contributed by atoms with Crippen LogP contribution in [-0.2, 0) is 0 Å². The van der Waals surface area contributed by atoms with E-state index in [0.29, 0.717) is 9.18 Å². The third-order valence-electron chi connectivity index (χ3n) is 3.30. The van der Waals surface area contributed by atoms with Gasteiger partial charge in [0.2, 0.25) is 0 Å². The summed E-state index contributed by atoms with van der Waals surface area (Å²) in [6.07, 6.45) is 0. The summed E-state index contributed by atoms with van der Waals surface area (Å²) in [5.41, 5.74) is 0. The first-order chi connectivity index (χ1) is 11.4. The van der Waals surface area contributed by atoms with Crippen LogP contribution in [0.15, 0.2) is 78.9 Å². The number of rotatable bonds is 4. The molecule has 3 rings (SSSR count). The Bertz CT molecular complexity index is 760. The van der Waals surface area contributed by atoms with E-state index in [4.69, 9.17) is 40.4 Å². The average molecular weight is 531 g/mol. The molecule has 0 aliphatic carbocycles. The molecule has 0 atom stereocenters. The molecular formula is C17H13Cl4NSe2. The summed E-state index contributed by atoms with van der Waals surface area (Å²) in [5, 5.41) is 0. The predicted molar refractivity (Wildman–Crippen MR) is 111 cm³/mol. The number of halogens is 4. The standard InChI is InChI=1S/C17H13Cl4NSe2/c18-23(19,14-8-3-1-4-9-14)16-12-7-13-17(22-16)24(20,21)15-10-5-2-6-11-15/h1-13H. The number of nitrogens with zero attached hydrogens (tertiary/aromatic N) is 1. The first-order valence-electron chi connectivity index (χ1n) is 6.95. The van der Waals surface area contributed by atoms with Crippen LogP contribution in [0, 0.1) is 0 Å². The van der Waals surface area contributed by atoms with Gasteiger partial charge in [-0.15, -0.1) is 0 Å². The van der Waals surface area contributed by atoms with Crippen LogP contribution in [0.1, 0.15) is 0 Å². The molecule has 0 fully saturated rings. The maximum absolute atomic E-state index is 6.75. The summed E-state index contributed by atoms with van der Waals surface area (Å²) in [6, 6.07) is 24.8. The van der Waals surface area contributed by atoms with Gasteiger partial charge in [0.05, 0.1) is 0 Å². The molecule has 1 nitrogen and oxygen atoms in total. The van der Waals surface area contributed by atoms with Crippen molar-refractivity contribution in [2.24, 2.45) is 0 Å². The maximum atomic E-state index is 6.75. The van der Waals surface area contributed by atoms with Crippen LogP contribution in [0.25, 0.3) is 0 Å².